The van der Waals surface area contributed by atoms with E-state index in [0.717, 1.165) is 17.7 Å². The van der Waals surface area contributed by atoms with Gasteiger partial charge in [0, 0.05) is 17.1 Å². The summed E-state index contributed by atoms with van der Waals surface area (Å²) in [6.45, 7) is 0.612. The fourth-order valence-corrected chi connectivity index (χ4v) is 2.33. The van der Waals surface area contributed by atoms with Crippen LogP contribution in [0.2, 0.25) is 5.02 Å². The van der Waals surface area contributed by atoms with E-state index in [1.54, 1.807) is 25.2 Å². The van der Waals surface area contributed by atoms with Crippen molar-refractivity contribution < 1.29 is 17.6 Å². The van der Waals surface area contributed by atoms with E-state index in [2.05, 4.69) is 5.32 Å². The zero-order chi connectivity index (χ0) is 15.6. The largest absolute Gasteiger partial charge is 0.419 e. The summed E-state index contributed by atoms with van der Waals surface area (Å²) in [4.78, 5) is 0. The van der Waals surface area contributed by atoms with Crippen LogP contribution in [-0.4, -0.2) is 7.05 Å². The summed E-state index contributed by atoms with van der Waals surface area (Å²) in [6, 6.07) is 7.93. The molecule has 0 fully saturated rings. The average molecular weight is 318 g/mol. The Morgan fingerprint density at radius 1 is 1.10 bits per heavy atom. The second-order valence-electron chi connectivity index (χ2n) is 4.54. The molecule has 0 spiro atoms. The Morgan fingerprint density at radius 3 is 2.33 bits per heavy atom. The topological polar surface area (TPSA) is 12.0 Å². The molecule has 0 atom stereocenters. The Labute approximate surface area is 124 Å². The molecule has 0 aliphatic heterocycles. The van der Waals surface area contributed by atoms with E-state index in [-0.39, 0.29) is 0 Å². The minimum atomic E-state index is -4.71. The third kappa shape index (κ3) is 3.54. The van der Waals surface area contributed by atoms with Crippen LogP contribution in [0.15, 0.2) is 36.4 Å². The summed E-state index contributed by atoms with van der Waals surface area (Å²) < 4.78 is 51.2. The highest BCUT2D eigenvalue weighted by molar-refractivity contribution is 6.33. The van der Waals surface area contributed by atoms with Crippen molar-refractivity contribution in [1.82, 2.24) is 5.32 Å². The average Bonchev–Trinajstić information content (AvgIpc) is 2.37. The number of hydrogen-bond acceptors (Lipinski definition) is 1. The molecule has 0 aliphatic rings. The second-order valence-corrected chi connectivity index (χ2v) is 4.94. The third-order valence-electron chi connectivity index (χ3n) is 3.00. The fourth-order valence-electron chi connectivity index (χ4n) is 2.02. The summed E-state index contributed by atoms with van der Waals surface area (Å²) in [5.41, 5.74) is 0.443. The molecule has 0 saturated heterocycles. The molecule has 2 aromatic carbocycles. The van der Waals surface area contributed by atoms with Crippen LogP contribution < -0.4 is 5.32 Å². The third-order valence-corrected chi connectivity index (χ3v) is 3.31. The summed E-state index contributed by atoms with van der Waals surface area (Å²) in [5.74, 6) is -1.31. The smallest absolute Gasteiger partial charge is 0.316 e. The lowest BCUT2D eigenvalue weighted by Crippen LogP contribution is -2.08. The van der Waals surface area contributed by atoms with E-state index < -0.39 is 17.6 Å². The lowest BCUT2D eigenvalue weighted by molar-refractivity contribution is -0.139. The molecule has 21 heavy (non-hydrogen) atoms. The molecule has 1 nitrogen and oxygen atoms in total. The first-order chi connectivity index (χ1) is 9.82. The van der Waals surface area contributed by atoms with Gasteiger partial charge in [0.1, 0.15) is 5.82 Å². The second kappa shape index (κ2) is 6.03. The van der Waals surface area contributed by atoms with Gasteiger partial charge in [-0.15, -0.1) is 0 Å². The lowest BCUT2D eigenvalue weighted by atomic mass is 10.0. The molecule has 0 bridgehead atoms. The first-order valence-electron chi connectivity index (χ1n) is 6.13. The van der Waals surface area contributed by atoms with Crippen molar-refractivity contribution >= 4 is 11.6 Å². The standard InChI is InChI=1S/C15H12ClF4N/c1-21-8-9-2-4-11(13(16)6-9)10-3-5-12(14(17)7-10)15(18,19)20/h2-7,21H,8H2,1H3. The van der Waals surface area contributed by atoms with Crippen molar-refractivity contribution in [1.29, 1.82) is 0 Å². The van der Waals surface area contributed by atoms with Crippen LogP contribution in [0, 0.1) is 5.82 Å². The van der Waals surface area contributed by atoms with Gasteiger partial charge in [0.2, 0.25) is 0 Å². The predicted molar refractivity (Wildman–Crippen MR) is 74.6 cm³/mol. The molecular weight excluding hydrogens is 306 g/mol. The Bertz CT molecular complexity index is 653. The molecule has 6 heteroatoms. The molecule has 0 aliphatic carbocycles. The number of halogens is 5. The Hall–Kier alpha value is -1.59. The molecule has 2 aromatic rings. The van der Waals surface area contributed by atoms with E-state index in [0.29, 0.717) is 22.7 Å². The highest BCUT2D eigenvalue weighted by atomic mass is 35.5. The first kappa shape index (κ1) is 15.8. The fraction of sp³-hybridized carbons (Fsp3) is 0.200. The van der Waals surface area contributed by atoms with Crippen LogP contribution in [0.25, 0.3) is 11.1 Å². The van der Waals surface area contributed by atoms with Gasteiger partial charge in [-0.05, 0) is 36.4 Å². The number of alkyl halides is 3. The van der Waals surface area contributed by atoms with Gasteiger partial charge in [-0.1, -0.05) is 29.8 Å². The molecule has 0 heterocycles. The summed E-state index contributed by atoms with van der Waals surface area (Å²) >= 11 is 6.11. The highest BCUT2D eigenvalue weighted by Crippen LogP contribution is 2.35. The van der Waals surface area contributed by atoms with E-state index in [9.17, 15) is 17.6 Å². The van der Waals surface area contributed by atoms with Gasteiger partial charge < -0.3 is 5.32 Å². The molecule has 1 N–H and O–H groups in total. The molecular formula is C15H12ClF4N. The zero-order valence-corrected chi connectivity index (χ0v) is 11.8. The quantitative estimate of drug-likeness (QED) is 0.795. The molecule has 2 rings (SSSR count). The van der Waals surface area contributed by atoms with Crippen LogP contribution in [0.4, 0.5) is 17.6 Å². The van der Waals surface area contributed by atoms with E-state index in [1.807, 2.05) is 0 Å². The summed E-state index contributed by atoms with van der Waals surface area (Å²) in [5, 5.41) is 3.32. The summed E-state index contributed by atoms with van der Waals surface area (Å²) in [7, 11) is 1.78. The Kier molecular flexibility index (Phi) is 4.54. The van der Waals surface area contributed by atoms with E-state index >= 15 is 0 Å². The van der Waals surface area contributed by atoms with Crippen molar-refractivity contribution in [2.75, 3.05) is 7.05 Å². The monoisotopic (exact) mass is 317 g/mol. The van der Waals surface area contributed by atoms with Gasteiger partial charge in [0.25, 0.3) is 0 Å². The van der Waals surface area contributed by atoms with Crippen molar-refractivity contribution in [2.45, 2.75) is 12.7 Å². The molecule has 0 radical (unpaired) electrons. The van der Waals surface area contributed by atoms with Gasteiger partial charge in [0.05, 0.1) is 5.56 Å². The van der Waals surface area contributed by atoms with Gasteiger partial charge in [0.15, 0.2) is 0 Å². The molecule has 112 valence electrons. The maximum Gasteiger partial charge on any atom is 0.419 e. The molecule has 0 amide bonds. The number of benzene rings is 2. The van der Waals surface area contributed by atoms with E-state index in [1.165, 1.54) is 6.07 Å². The highest BCUT2D eigenvalue weighted by Gasteiger charge is 2.34. The summed E-state index contributed by atoms with van der Waals surface area (Å²) in [6.07, 6.45) is -4.71. The first-order valence-corrected chi connectivity index (χ1v) is 6.51. The molecule has 0 saturated carbocycles. The van der Waals surface area contributed by atoms with Crippen LogP contribution in [0.1, 0.15) is 11.1 Å². The van der Waals surface area contributed by atoms with Gasteiger partial charge in [-0.25, -0.2) is 4.39 Å². The number of rotatable bonds is 3. The van der Waals surface area contributed by atoms with Gasteiger partial charge in [-0.2, -0.15) is 13.2 Å². The number of hydrogen-bond donors (Lipinski definition) is 1. The predicted octanol–water partition coefficient (Wildman–Crippen LogP) is 4.88. The SMILES string of the molecule is CNCc1ccc(-c2ccc(C(F)(F)F)c(F)c2)c(Cl)c1. The maximum absolute atomic E-state index is 13.6. The molecule has 0 unspecified atom stereocenters. The maximum atomic E-state index is 13.6. The van der Waals surface area contributed by atoms with E-state index in [4.69, 9.17) is 11.6 Å². The normalized spacial score (nSPS) is 11.7. The lowest BCUT2D eigenvalue weighted by Gasteiger charge is -2.11. The minimum Gasteiger partial charge on any atom is -0.316 e. The van der Waals surface area contributed by atoms with Crippen LogP contribution in [0.3, 0.4) is 0 Å². The van der Waals surface area contributed by atoms with Gasteiger partial charge in [-0.3, -0.25) is 0 Å². The Balaban J connectivity index is 2.41. The van der Waals surface area contributed by atoms with Crippen molar-refractivity contribution in [3.8, 4) is 11.1 Å². The number of nitrogens with one attached hydrogen (secondary N) is 1. The zero-order valence-electron chi connectivity index (χ0n) is 11.1. The minimum absolute atomic E-state index is 0.307. The van der Waals surface area contributed by atoms with Crippen molar-refractivity contribution in [2.24, 2.45) is 0 Å². The van der Waals surface area contributed by atoms with Crippen molar-refractivity contribution in [3.63, 3.8) is 0 Å². The van der Waals surface area contributed by atoms with Crippen molar-refractivity contribution in [3.05, 3.63) is 58.4 Å². The van der Waals surface area contributed by atoms with Gasteiger partial charge >= 0.3 is 6.18 Å². The van der Waals surface area contributed by atoms with Crippen LogP contribution >= 0.6 is 11.6 Å². The molecule has 0 aromatic heterocycles. The van der Waals surface area contributed by atoms with Crippen LogP contribution in [0.5, 0.6) is 0 Å². The Morgan fingerprint density at radius 2 is 1.81 bits per heavy atom. The van der Waals surface area contributed by atoms with Crippen LogP contribution in [-0.2, 0) is 12.7 Å².